The Morgan fingerprint density at radius 1 is 1.17 bits per heavy atom. The Morgan fingerprint density at radius 3 is 2.44 bits per heavy atom. The Kier molecular flexibility index (Phi) is 3.28. The van der Waals surface area contributed by atoms with E-state index >= 15 is 0 Å². The van der Waals surface area contributed by atoms with E-state index in [1.165, 1.54) is 5.57 Å². The molecule has 0 aliphatic rings. The molecule has 0 aliphatic carbocycles. The van der Waals surface area contributed by atoms with Crippen molar-refractivity contribution < 1.29 is 4.42 Å². The Balaban J connectivity index is 2.27. The van der Waals surface area contributed by atoms with Gasteiger partial charge in [-0.1, -0.05) is 26.3 Å². The molecular formula is C14H17N3O. The van der Waals surface area contributed by atoms with E-state index in [4.69, 9.17) is 4.42 Å². The van der Waals surface area contributed by atoms with Crippen molar-refractivity contribution in [1.29, 1.82) is 0 Å². The molecule has 0 saturated heterocycles. The number of rotatable bonds is 2. The number of hydrogen-bond acceptors (Lipinski definition) is 4. The van der Waals surface area contributed by atoms with Crippen molar-refractivity contribution in [2.45, 2.75) is 27.7 Å². The van der Waals surface area contributed by atoms with E-state index in [9.17, 15) is 0 Å². The molecule has 94 valence electrons. The third kappa shape index (κ3) is 2.83. The number of nitrogens with zero attached hydrogens (tertiary/aromatic N) is 3. The quantitative estimate of drug-likeness (QED) is 0.809. The van der Waals surface area contributed by atoms with E-state index in [1.807, 2.05) is 18.2 Å². The third-order valence-corrected chi connectivity index (χ3v) is 2.89. The SMILES string of the molecule is C/C(=C\c1nnc(-c2ccncc2)o1)C(C)(C)C. The summed E-state index contributed by atoms with van der Waals surface area (Å²) in [6, 6.07) is 3.69. The lowest BCUT2D eigenvalue weighted by Gasteiger charge is -2.18. The van der Waals surface area contributed by atoms with Gasteiger partial charge in [0.15, 0.2) is 0 Å². The molecule has 2 aromatic rings. The molecule has 4 heteroatoms. The zero-order valence-electron chi connectivity index (χ0n) is 11.1. The lowest BCUT2D eigenvalue weighted by atomic mass is 9.87. The highest BCUT2D eigenvalue weighted by Gasteiger charge is 2.14. The second kappa shape index (κ2) is 4.72. The van der Waals surface area contributed by atoms with Crippen molar-refractivity contribution in [2.75, 3.05) is 0 Å². The van der Waals surface area contributed by atoms with E-state index in [1.54, 1.807) is 12.4 Å². The monoisotopic (exact) mass is 243 g/mol. The molecule has 0 atom stereocenters. The van der Waals surface area contributed by atoms with Crippen LogP contribution in [0.4, 0.5) is 0 Å². The molecule has 0 amide bonds. The summed E-state index contributed by atoms with van der Waals surface area (Å²) in [6.07, 6.45) is 5.34. The third-order valence-electron chi connectivity index (χ3n) is 2.89. The number of pyridine rings is 1. The van der Waals surface area contributed by atoms with Gasteiger partial charge in [-0.2, -0.15) is 0 Å². The second-order valence-corrected chi connectivity index (χ2v) is 5.26. The minimum Gasteiger partial charge on any atom is -0.417 e. The van der Waals surface area contributed by atoms with Gasteiger partial charge in [0.2, 0.25) is 11.8 Å². The van der Waals surface area contributed by atoms with E-state index in [2.05, 4.69) is 42.9 Å². The smallest absolute Gasteiger partial charge is 0.248 e. The maximum absolute atomic E-state index is 5.61. The molecule has 0 fully saturated rings. The number of hydrogen-bond donors (Lipinski definition) is 0. The number of aromatic nitrogens is 3. The molecule has 0 unspecified atom stereocenters. The molecular weight excluding hydrogens is 226 g/mol. The van der Waals surface area contributed by atoms with E-state index in [-0.39, 0.29) is 5.41 Å². The number of allylic oxidation sites excluding steroid dienone is 1. The second-order valence-electron chi connectivity index (χ2n) is 5.26. The van der Waals surface area contributed by atoms with Crippen LogP contribution >= 0.6 is 0 Å². The summed E-state index contributed by atoms with van der Waals surface area (Å²) in [7, 11) is 0. The van der Waals surface area contributed by atoms with Crippen molar-refractivity contribution in [3.05, 3.63) is 36.0 Å². The molecule has 0 radical (unpaired) electrons. The van der Waals surface area contributed by atoms with Gasteiger partial charge in [0, 0.05) is 24.0 Å². The standard InChI is InChI=1S/C14H17N3O/c1-10(14(2,3)4)9-12-16-17-13(18-12)11-5-7-15-8-6-11/h5-9H,1-4H3/b10-9+. The Labute approximate surface area is 107 Å². The van der Waals surface area contributed by atoms with Crippen LogP contribution in [0.15, 0.2) is 34.5 Å². The minimum atomic E-state index is 0.102. The highest BCUT2D eigenvalue weighted by molar-refractivity contribution is 5.53. The normalized spacial score (nSPS) is 12.8. The highest BCUT2D eigenvalue weighted by Crippen LogP contribution is 2.26. The lowest BCUT2D eigenvalue weighted by Crippen LogP contribution is -2.05. The van der Waals surface area contributed by atoms with Crippen LogP contribution in [0.1, 0.15) is 33.6 Å². The van der Waals surface area contributed by atoms with Crippen LogP contribution in [-0.2, 0) is 0 Å². The van der Waals surface area contributed by atoms with Gasteiger partial charge in [0.05, 0.1) is 0 Å². The zero-order valence-corrected chi connectivity index (χ0v) is 11.1. The average molecular weight is 243 g/mol. The van der Waals surface area contributed by atoms with Gasteiger partial charge in [-0.25, -0.2) is 0 Å². The minimum absolute atomic E-state index is 0.102. The van der Waals surface area contributed by atoms with Gasteiger partial charge >= 0.3 is 0 Å². The van der Waals surface area contributed by atoms with E-state index in [0.29, 0.717) is 11.8 Å². The maximum atomic E-state index is 5.61. The first-order valence-electron chi connectivity index (χ1n) is 5.89. The van der Waals surface area contributed by atoms with Crippen LogP contribution in [0, 0.1) is 5.41 Å². The zero-order chi connectivity index (χ0) is 13.2. The first-order valence-corrected chi connectivity index (χ1v) is 5.89. The van der Waals surface area contributed by atoms with Crippen molar-refractivity contribution >= 4 is 6.08 Å². The fraction of sp³-hybridized carbons (Fsp3) is 0.357. The van der Waals surface area contributed by atoms with Gasteiger partial charge in [-0.15, -0.1) is 10.2 Å². The molecule has 4 nitrogen and oxygen atoms in total. The Morgan fingerprint density at radius 2 is 1.83 bits per heavy atom. The molecule has 0 N–H and O–H groups in total. The van der Waals surface area contributed by atoms with Gasteiger partial charge < -0.3 is 4.42 Å². The van der Waals surface area contributed by atoms with E-state index < -0.39 is 0 Å². The van der Waals surface area contributed by atoms with Crippen molar-refractivity contribution in [3.63, 3.8) is 0 Å². The summed E-state index contributed by atoms with van der Waals surface area (Å²) in [5, 5.41) is 8.07. The fourth-order valence-electron chi connectivity index (χ4n) is 1.31. The summed E-state index contributed by atoms with van der Waals surface area (Å²) in [4.78, 5) is 3.96. The van der Waals surface area contributed by atoms with Gasteiger partial charge in [0.1, 0.15) is 0 Å². The van der Waals surface area contributed by atoms with Gasteiger partial charge in [0.25, 0.3) is 0 Å². The van der Waals surface area contributed by atoms with Crippen LogP contribution in [-0.4, -0.2) is 15.2 Å². The van der Waals surface area contributed by atoms with Crippen molar-refractivity contribution in [3.8, 4) is 11.5 Å². The summed E-state index contributed by atoms with van der Waals surface area (Å²) < 4.78 is 5.61. The van der Waals surface area contributed by atoms with Gasteiger partial charge in [-0.05, 0) is 24.5 Å². The Hall–Kier alpha value is -1.97. The molecule has 0 spiro atoms. The summed E-state index contributed by atoms with van der Waals surface area (Å²) in [5.74, 6) is 1.06. The molecule has 2 aromatic heterocycles. The fourth-order valence-corrected chi connectivity index (χ4v) is 1.31. The predicted octanol–water partition coefficient (Wildman–Crippen LogP) is 3.58. The van der Waals surface area contributed by atoms with Gasteiger partial charge in [-0.3, -0.25) is 4.98 Å². The molecule has 2 rings (SSSR count). The molecule has 0 aromatic carbocycles. The first-order chi connectivity index (χ1) is 8.47. The predicted molar refractivity (Wildman–Crippen MR) is 70.6 cm³/mol. The molecule has 0 bridgehead atoms. The average Bonchev–Trinajstić information content (AvgIpc) is 2.77. The lowest BCUT2D eigenvalue weighted by molar-refractivity contribution is 0.502. The molecule has 0 saturated carbocycles. The topological polar surface area (TPSA) is 51.8 Å². The van der Waals surface area contributed by atoms with E-state index in [0.717, 1.165) is 5.56 Å². The van der Waals surface area contributed by atoms with Crippen LogP contribution in [0.25, 0.3) is 17.5 Å². The van der Waals surface area contributed by atoms with Crippen molar-refractivity contribution in [2.24, 2.45) is 5.41 Å². The van der Waals surface area contributed by atoms with Crippen LogP contribution in [0.5, 0.6) is 0 Å². The largest absolute Gasteiger partial charge is 0.417 e. The highest BCUT2D eigenvalue weighted by atomic mass is 16.4. The van der Waals surface area contributed by atoms with Crippen LogP contribution < -0.4 is 0 Å². The summed E-state index contributed by atoms with van der Waals surface area (Å²) >= 11 is 0. The maximum Gasteiger partial charge on any atom is 0.248 e. The van der Waals surface area contributed by atoms with Crippen molar-refractivity contribution in [1.82, 2.24) is 15.2 Å². The Bertz CT molecular complexity index is 550. The summed E-state index contributed by atoms with van der Waals surface area (Å²) in [5.41, 5.74) is 2.18. The summed E-state index contributed by atoms with van der Waals surface area (Å²) in [6.45, 7) is 8.52. The van der Waals surface area contributed by atoms with Crippen LogP contribution in [0.2, 0.25) is 0 Å². The molecule has 2 heterocycles. The molecule has 0 aliphatic heterocycles. The first kappa shape index (κ1) is 12.5. The van der Waals surface area contributed by atoms with Crippen LogP contribution in [0.3, 0.4) is 0 Å². The molecule has 18 heavy (non-hydrogen) atoms.